The van der Waals surface area contributed by atoms with Crippen molar-refractivity contribution in [2.45, 2.75) is 13.0 Å². The Kier molecular flexibility index (Phi) is 3.61. The second-order valence-electron chi connectivity index (χ2n) is 3.97. The molecule has 2 rings (SSSR count). The largest absolute Gasteiger partial charge is 0.494 e. The van der Waals surface area contributed by atoms with Crippen molar-refractivity contribution in [1.29, 1.82) is 0 Å². The average Bonchev–Trinajstić information content (AvgIpc) is 2.38. The van der Waals surface area contributed by atoms with Gasteiger partial charge in [0, 0.05) is 18.2 Å². The Bertz CT molecular complexity index is 511. The highest BCUT2D eigenvalue weighted by molar-refractivity contribution is 5.88. The molecule has 3 nitrogen and oxygen atoms in total. The van der Waals surface area contributed by atoms with E-state index in [1.165, 1.54) is 0 Å². The highest BCUT2D eigenvalue weighted by atomic mass is 16.5. The zero-order valence-corrected chi connectivity index (χ0v) is 10.0. The van der Waals surface area contributed by atoms with Crippen LogP contribution in [0.15, 0.2) is 36.4 Å². The number of fused-ring (bicyclic) bond motifs is 1. The first-order valence-corrected chi connectivity index (χ1v) is 5.88. The summed E-state index contributed by atoms with van der Waals surface area (Å²) in [6.45, 7) is 3.00. The number of nitrogens with two attached hydrogens (primary N) is 2. The minimum Gasteiger partial charge on any atom is -0.494 e. The van der Waals surface area contributed by atoms with Crippen LogP contribution < -0.4 is 16.2 Å². The zero-order valence-electron chi connectivity index (χ0n) is 10.0. The number of ether oxygens (including phenoxy) is 1. The molecule has 0 spiro atoms. The Morgan fingerprint density at radius 1 is 1.18 bits per heavy atom. The highest BCUT2D eigenvalue weighted by Gasteiger charge is 2.14. The molecule has 0 aromatic heterocycles. The maximum Gasteiger partial charge on any atom is 0.124 e. The van der Waals surface area contributed by atoms with Crippen LogP contribution in [0.5, 0.6) is 5.75 Å². The molecule has 0 amide bonds. The molecule has 2 aromatic rings. The topological polar surface area (TPSA) is 61.3 Å². The van der Waals surface area contributed by atoms with Crippen LogP contribution in [-0.2, 0) is 0 Å². The van der Waals surface area contributed by atoms with E-state index in [1.807, 2.05) is 31.2 Å². The van der Waals surface area contributed by atoms with E-state index in [-0.39, 0.29) is 6.04 Å². The van der Waals surface area contributed by atoms with E-state index in [4.69, 9.17) is 16.2 Å². The van der Waals surface area contributed by atoms with Gasteiger partial charge in [0.1, 0.15) is 5.75 Å². The van der Waals surface area contributed by atoms with Gasteiger partial charge in [-0.15, -0.1) is 0 Å². The molecule has 17 heavy (non-hydrogen) atoms. The van der Waals surface area contributed by atoms with Crippen LogP contribution in [0.1, 0.15) is 18.5 Å². The normalized spacial score (nSPS) is 12.6. The molecule has 0 fully saturated rings. The quantitative estimate of drug-likeness (QED) is 0.846. The Labute approximate surface area is 101 Å². The molecule has 0 aliphatic rings. The molecule has 2 aromatic carbocycles. The zero-order chi connectivity index (χ0) is 12.3. The molecule has 0 bridgehead atoms. The Morgan fingerprint density at radius 2 is 1.94 bits per heavy atom. The van der Waals surface area contributed by atoms with Crippen molar-refractivity contribution in [2.24, 2.45) is 11.5 Å². The minimum absolute atomic E-state index is 0.192. The first-order chi connectivity index (χ1) is 8.27. The molecule has 0 radical (unpaired) electrons. The summed E-state index contributed by atoms with van der Waals surface area (Å²) in [5.74, 6) is 0.837. The van der Waals surface area contributed by atoms with E-state index in [0.717, 1.165) is 22.1 Å². The first kappa shape index (κ1) is 11.9. The van der Waals surface area contributed by atoms with Crippen LogP contribution in [-0.4, -0.2) is 13.2 Å². The molecule has 0 heterocycles. The van der Waals surface area contributed by atoms with Gasteiger partial charge in [0.15, 0.2) is 0 Å². The van der Waals surface area contributed by atoms with Crippen LogP contribution in [0.25, 0.3) is 10.8 Å². The average molecular weight is 230 g/mol. The SMILES string of the molecule is CCOc1ccc2ccccc2c1C(N)CN. The molecule has 0 aliphatic carbocycles. The van der Waals surface area contributed by atoms with Crippen molar-refractivity contribution in [3.63, 3.8) is 0 Å². The van der Waals surface area contributed by atoms with Crippen LogP contribution in [0.3, 0.4) is 0 Å². The lowest BCUT2D eigenvalue weighted by Crippen LogP contribution is -2.21. The molecule has 4 N–H and O–H groups in total. The molecule has 1 unspecified atom stereocenters. The van der Waals surface area contributed by atoms with E-state index in [0.29, 0.717) is 13.2 Å². The van der Waals surface area contributed by atoms with Gasteiger partial charge in [0.05, 0.1) is 6.61 Å². The summed E-state index contributed by atoms with van der Waals surface area (Å²) in [6, 6.07) is 12.0. The smallest absolute Gasteiger partial charge is 0.124 e. The molecule has 0 saturated carbocycles. The van der Waals surface area contributed by atoms with Gasteiger partial charge in [-0.2, -0.15) is 0 Å². The monoisotopic (exact) mass is 230 g/mol. The summed E-state index contributed by atoms with van der Waals surface area (Å²) in [4.78, 5) is 0. The second-order valence-corrected chi connectivity index (χ2v) is 3.97. The minimum atomic E-state index is -0.192. The van der Waals surface area contributed by atoms with Crippen LogP contribution in [0.2, 0.25) is 0 Å². The van der Waals surface area contributed by atoms with Crippen LogP contribution in [0, 0.1) is 0 Å². The van der Waals surface area contributed by atoms with E-state index in [2.05, 4.69) is 12.1 Å². The molecular weight excluding hydrogens is 212 g/mol. The van der Waals surface area contributed by atoms with Gasteiger partial charge in [-0.25, -0.2) is 0 Å². The summed E-state index contributed by atoms with van der Waals surface area (Å²) in [7, 11) is 0. The van der Waals surface area contributed by atoms with Crippen molar-refractivity contribution in [3.8, 4) is 5.75 Å². The summed E-state index contributed by atoms with van der Waals surface area (Å²) in [5, 5.41) is 2.28. The summed E-state index contributed by atoms with van der Waals surface area (Å²) < 4.78 is 5.63. The van der Waals surface area contributed by atoms with Crippen LogP contribution in [0.4, 0.5) is 0 Å². The predicted molar refractivity (Wildman–Crippen MR) is 71.1 cm³/mol. The van der Waals surface area contributed by atoms with E-state index >= 15 is 0 Å². The molecular formula is C14H18N2O. The van der Waals surface area contributed by atoms with Gasteiger partial charge >= 0.3 is 0 Å². The fourth-order valence-electron chi connectivity index (χ4n) is 2.06. The number of rotatable bonds is 4. The Balaban J connectivity index is 2.65. The van der Waals surface area contributed by atoms with Crippen molar-refractivity contribution in [2.75, 3.05) is 13.2 Å². The standard InChI is InChI=1S/C14H18N2O/c1-2-17-13-8-7-10-5-3-4-6-11(10)14(13)12(16)9-15/h3-8,12H,2,9,15-16H2,1H3. The van der Waals surface area contributed by atoms with E-state index in [9.17, 15) is 0 Å². The third kappa shape index (κ3) is 2.25. The lowest BCUT2D eigenvalue weighted by molar-refractivity contribution is 0.335. The first-order valence-electron chi connectivity index (χ1n) is 5.88. The molecule has 0 aliphatic heterocycles. The van der Waals surface area contributed by atoms with Crippen LogP contribution >= 0.6 is 0 Å². The van der Waals surface area contributed by atoms with E-state index < -0.39 is 0 Å². The maximum absolute atomic E-state index is 6.09. The Hall–Kier alpha value is -1.58. The third-order valence-electron chi connectivity index (χ3n) is 2.86. The lowest BCUT2D eigenvalue weighted by Gasteiger charge is -2.17. The predicted octanol–water partition coefficient (Wildman–Crippen LogP) is 2.20. The molecule has 1 atom stereocenters. The fourth-order valence-corrected chi connectivity index (χ4v) is 2.06. The Morgan fingerprint density at radius 3 is 2.65 bits per heavy atom. The van der Waals surface area contributed by atoms with Gasteiger partial charge in [-0.05, 0) is 23.8 Å². The summed E-state index contributed by atoms with van der Waals surface area (Å²) >= 11 is 0. The summed E-state index contributed by atoms with van der Waals surface area (Å²) in [6.07, 6.45) is 0. The third-order valence-corrected chi connectivity index (χ3v) is 2.86. The summed E-state index contributed by atoms with van der Waals surface area (Å²) in [5.41, 5.74) is 12.8. The van der Waals surface area contributed by atoms with Gasteiger partial charge in [-0.1, -0.05) is 30.3 Å². The number of hydrogen-bond acceptors (Lipinski definition) is 3. The molecule has 90 valence electrons. The van der Waals surface area contributed by atoms with Gasteiger partial charge in [0.25, 0.3) is 0 Å². The van der Waals surface area contributed by atoms with Crippen molar-refractivity contribution in [3.05, 3.63) is 42.0 Å². The molecule has 3 heteroatoms. The van der Waals surface area contributed by atoms with E-state index in [1.54, 1.807) is 0 Å². The number of hydrogen-bond donors (Lipinski definition) is 2. The second kappa shape index (κ2) is 5.17. The number of benzene rings is 2. The van der Waals surface area contributed by atoms with Gasteiger partial charge in [-0.3, -0.25) is 0 Å². The maximum atomic E-state index is 6.09. The van der Waals surface area contributed by atoms with Crippen molar-refractivity contribution >= 4 is 10.8 Å². The van der Waals surface area contributed by atoms with Gasteiger partial charge in [0.2, 0.25) is 0 Å². The highest BCUT2D eigenvalue weighted by Crippen LogP contribution is 2.31. The molecule has 0 saturated heterocycles. The van der Waals surface area contributed by atoms with Gasteiger partial charge < -0.3 is 16.2 Å². The van der Waals surface area contributed by atoms with Crippen molar-refractivity contribution in [1.82, 2.24) is 0 Å². The lowest BCUT2D eigenvalue weighted by atomic mass is 9.98. The van der Waals surface area contributed by atoms with Crippen molar-refractivity contribution < 1.29 is 4.74 Å². The fraction of sp³-hybridized carbons (Fsp3) is 0.286.